The van der Waals surface area contributed by atoms with Gasteiger partial charge in [-0.3, -0.25) is 9.78 Å². The summed E-state index contributed by atoms with van der Waals surface area (Å²) < 4.78 is 2.15. The number of aryl methyl sites for hydroxylation is 1. The van der Waals surface area contributed by atoms with Crippen molar-refractivity contribution >= 4 is 5.91 Å². The van der Waals surface area contributed by atoms with Gasteiger partial charge in [-0.1, -0.05) is 0 Å². The third kappa shape index (κ3) is 2.99. The molecule has 0 unspecified atom stereocenters. The molecule has 19 heavy (non-hydrogen) atoms. The van der Waals surface area contributed by atoms with Gasteiger partial charge in [0, 0.05) is 37.4 Å². The molecule has 0 fully saturated rings. The molecule has 0 spiro atoms. The number of hydrogen-bond donors (Lipinski definition) is 1. The van der Waals surface area contributed by atoms with E-state index in [4.69, 9.17) is 0 Å². The number of aromatic nitrogens is 3. The van der Waals surface area contributed by atoms with Crippen LogP contribution in [-0.2, 0) is 13.5 Å². The maximum atomic E-state index is 11.8. The van der Waals surface area contributed by atoms with Gasteiger partial charge < -0.3 is 9.88 Å². The molecule has 0 aliphatic carbocycles. The Morgan fingerprint density at radius 2 is 2.16 bits per heavy atom. The Labute approximate surface area is 112 Å². The van der Waals surface area contributed by atoms with Crippen LogP contribution in [0.25, 0.3) is 0 Å². The quantitative estimate of drug-likeness (QED) is 0.902. The summed E-state index contributed by atoms with van der Waals surface area (Å²) in [5.74, 6) is -0.182. The second-order valence-electron chi connectivity index (χ2n) is 4.55. The number of carbonyl (C=O) groups is 1. The Morgan fingerprint density at radius 3 is 2.74 bits per heavy atom. The molecule has 0 atom stereocenters. The Balaban J connectivity index is 1.90. The fraction of sp³-hybridized carbons (Fsp3) is 0.357. The van der Waals surface area contributed by atoms with Crippen molar-refractivity contribution in [3.8, 4) is 0 Å². The molecule has 0 saturated carbocycles. The molecule has 1 amide bonds. The molecular weight excluding hydrogens is 240 g/mol. The lowest BCUT2D eigenvalue weighted by molar-refractivity contribution is 0.0948. The first-order chi connectivity index (χ1) is 9.09. The number of amides is 1. The van der Waals surface area contributed by atoms with E-state index in [1.54, 1.807) is 6.20 Å². The normalized spacial score (nSPS) is 10.5. The smallest absolute Gasteiger partial charge is 0.271 e. The summed E-state index contributed by atoms with van der Waals surface area (Å²) in [6.07, 6.45) is 5.35. The van der Waals surface area contributed by atoms with Crippen molar-refractivity contribution in [2.24, 2.45) is 7.05 Å². The van der Waals surface area contributed by atoms with Crippen LogP contribution in [0, 0.1) is 13.8 Å². The minimum Gasteiger partial charge on any atom is -0.352 e. The van der Waals surface area contributed by atoms with Crippen LogP contribution in [0.15, 0.2) is 24.7 Å². The standard InChI is InChI=1S/C14H18N4O/c1-10-8-12(11(2)18(10)3)4-5-17-14(19)13-9-15-6-7-16-13/h6-9H,4-5H2,1-3H3,(H,17,19). The third-order valence-corrected chi connectivity index (χ3v) is 3.36. The van der Waals surface area contributed by atoms with Crippen LogP contribution >= 0.6 is 0 Å². The van der Waals surface area contributed by atoms with Crippen LogP contribution < -0.4 is 5.32 Å². The van der Waals surface area contributed by atoms with Gasteiger partial charge in [0.2, 0.25) is 0 Å². The van der Waals surface area contributed by atoms with Crippen molar-refractivity contribution < 1.29 is 4.79 Å². The van der Waals surface area contributed by atoms with Crippen molar-refractivity contribution in [3.63, 3.8) is 0 Å². The van der Waals surface area contributed by atoms with E-state index < -0.39 is 0 Å². The number of hydrogen-bond acceptors (Lipinski definition) is 3. The highest BCUT2D eigenvalue weighted by Gasteiger charge is 2.08. The van der Waals surface area contributed by atoms with Gasteiger partial charge in [-0.15, -0.1) is 0 Å². The first kappa shape index (κ1) is 13.3. The van der Waals surface area contributed by atoms with Crippen LogP contribution in [0.3, 0.4) is 0 Å². The van der Waals surface area contributed by atoms with Gasteiger partial charge in [0.1, 0.15) is 5.69 Å². The number of carbonyl (C=O) groups excluding carboxylic acids is 1. The van der Waals surface area contributed by atoms with Crippen LogP contribution in [0.2, 0.25) is 0 Å². The van der Waals surface area contributed by atoms with E-state index in [2.05, 4.69) is 39.8 Å². The Bertz CT molecular complexity index is 575. The lowest BCUT2D eigenvalue weighted by Gasteiger charge is -2.05. The van der Waals surface area contributed by atoms with E-state index in [0.29, 0.717) is 12.2 Å². The molecule has 100 valence electrons. The second kappa shape index (κ2) is 5.65. The fourth-order valence-electron chi connectivity index (χ4n) is 2.00. The minimum atomic E-state index is -0.182. The molecule has 2 aromatic heterocycles. The molecule has 0 aliphatic heterocycles. The highest BCUT2D eigenvalue weighted by Crippen LogP contribution is 2.13. The predicted molar refractivity (Wildman–Crippen MR) is 73.0 cm³/mol. The molecule has 5 nitrogen and oxygen atoms in total. The zero-order valence-electron chi connectivity index (χ0n) is 11.5. The Morgan fingerprint density at radius 1 is 1.37 bits per heavy atom. The van der Waals surface area contributed by atoms with Crippen molar-refractivity contribution in [1.82, 2.24) is 19.9 Å². The molecule has 1 N–H and O–H groups in total. The molecule has 2 rings (SSSR count). The van der Waals surface area contributed by atoms with E-state index in [9.17, 15) is 4.79 Å². The van der Waals surface area contributed by atoms with Gasteiger partial charge in [0.25, 0.3) is 5.91 Å². The monoisotopic (exact) mass is 258 g/mol. The average molecular weight is 258 g/mol. The molecule has 2 heterocycles. The summed E-state index contributed by atoms with van der Waals surface area (Å²) in [7, 11) is 2.05. The molecule has 2 aromatic rings. The van der Waals surface area contributed by atoms with Crippen LogP contribution in [0.4, 0.5) is 0 Å². The molecule has 0 bridgehead atoms. The van der Waals surface area contributed by atoms with Gasteiger partial charge in [-0.05, 0) is 31.9 Å². The summed E-state index contributed by atoms with van der Waals surface area (Å²) >= 11 is 0. The molecular formula is C14H18N4O. The Hall–Kier alpha value is -2.17. The van der Waals surface area contributed by atoms with Crippen molar-refractivity contribution in [3.05, 3.63) is 47.3 Å². The first-order valence-corrected chi connectivity index (χ1v) is 6.25. The van der Waals surface area contributed by atoms with Crippen molar-refractivity contribution in [2.75, 3.05) is 6.54 Å². The minimum absolute atomic E-state index is 0.182. The van der Waals surface area contributed by atoms with Crippen molar-refractivity contribution in [1.29, 1.82) is 0 Å². The van der Waals surface area contributed by atoms with Crippen LogP contribution in [0.1, 0.15) is 27.4 Å². The van der Waals surface area contributed by atoms with Gasteiger partial charge >= 0.3 is 0 Å². The second-order valence-corrected chi connectivity index (χ2v) is 4.55. The zero-order valence-corrected chi connectivity index (χ0v) is 11.5. The predicted octanol–water partition coefficient (Wildman–Crippen LogP) is 1.40. The van der Waals surface area contributed by atoms with Gasteiger partial charge in [0.05, 0.1) is 6.20 Å². The fourth-order valence-corrected chi connectivity index (χ4v) is 2.00. The van der Waals surface area contributed by atoms with E-state index in [0.717, 1.165) is 6.42 Å². The topological polar surface area (TPSA) is 59.8 Å². The molecule has 0 radical (unpaired) electrons. The number of rotatable bonds is 4. The zero-order chi connectivity index (χ0) is 13.8. The van der Waals surface area contributed by atoms with E-state index in [1.807, 2.05) is 7.05 Å². The summed E-state index contributed by atoms with van der Waals surface area (Å²) in [6, 6.07) is 2.16. The summed E-state index contributed by atoms with van der Waals surface area (Å²) in [5.41, 5.74) is 4.09. The first-order valence-electron chi connectivity index (χ1n) is 6.25. The Kier molecular flexibility index (Phi) is 3.94. The maximum absolute atomic E-state index is 11.8. The van der Waals surface area contributed by atoms with Crippen molar-refractivity contribution in [2.45, 2.75) is 20.3 Å². The van der Waals surface area contributed by atoms with Crippen LogP contribution in [0.5, 0.6) is 0 Å². The number of nitrogens with zero attached hydrogens (tertiary/aromatic N) is 3. The van der Waals surface area contributed by atoms with Gasteiger partial charge in [-0.25, -0.2) is 4.98 Å². The highest BCUT2D eigenvalue weighted by atomic mass is 16.1. The maximum Gasteiger partial charge on any atom is 0.271 e. The lowest BCUT2D eigenvalue weighted by atomic mass is 10.2. The molecule has 0 aromatic carbocycles. The average Bonchev–Trinajstić information content (AvgIpc) is 2.67. The molecule has 0 aliphatic rings. The summed E-state index contributed by atoms with van der Waals surface area (Å²) in [4.78, 5) is 19.6. The third-order valence-electron chi connectivity index (χ3n) is 3.36. The van der Waals surface area contributed by atoms with E-state index >= 15 is 0 Å². The van der Waals surface area contributed by atoms with Crippen LogP contribution in [-0.4, -0.2) is 27.0 Å². The van der Waals surface area contributed by atoms with E-state index in [1.165, 1.54) is 29.3 Å². The number of nitrogens with one attached hydrogen (secondary N) is 1. The molecule has 5 heteroatoms. The van der Waals surface area contributed by atoms with E-state index in [-0.39, 0.29) is 5.91 Å². The van der Waals surface area contributed by atoms with Gasteiger partial charge in [-0.2, -0.15) is 0 Å². The summed E-state index contributed by atoms with van der Waals surface area (Å²) in [5, 5.41) is 2.85. The lowest BCUT2D eigenvalue weighted by Crippen LogP contribution is -2.26. The highest BCUT2D eigenvalue weighted by molar-refractivity contribution is 5.91. The van der Waals surface area contributed by atoms with Gasteiger partial charge in [0.15, 0.2) is 0 Å². The summed E-state index contributed by atoms with van der Waals surface area (Å²) in [6.45, 7) is 4.77. The molecule has 0 saturated heterocycles. The largest absolute Gasteiger partial charge is 0.352 e. The SMILES string of the molecule is Cc1cc(CCNC(=O)c2cnccn2)c(C)n1C.